The lowest BCUT2D eigenvalue weighted by Crippen LogP contribution is -2.40. The highest BCUT2D eigenvalue weighted by molar-refractivity contribution is 5.97. The van der Waals surface area contributed by atoms with Crippen LogP contribution in [0.1, 0.15) is 29.9 Å². The van der Waals surface area contributed by atoms with Crippen molar-refractivity contribution in [2.75, 3.05) is 26.7 Å². The standard InChI is InChI=1S/C18H21F3N4O3/c1-4-24(5-2)15(26)10-22-17(27)16-14(28-3)11-25(23-16)13-8-6-7-12(9-13)18(19,20)21/h6-9,11H,4-5,10H2,1-3H3,(H,22,27). The maximum absolute atomic E-state index is 12.9. The first-order valence-electron chi connectivity index (χ1n) is 8.58. The van der Waals surface area contributed by atoms with E-state index in [9.17, 15) is 22.8 Å². The molecule has 0 aliphatic carbocycles. The van der Waals surface area contributed by atoms with E-state index in [-0.39, 0.29) is 29.6 Å². The zero-order chi connectivity index (χ0) is 20.9. The third-order valence-electron chi connectivity index (χ3n) is 4.07. The summed E-state index contributed by atoms with van der Waals surface area (Å²) < 4.78 is 44.9. The van der Waals surface area contributed by atoms with Crippen LogP contribution in [0.25, 0.3) is 5.69 Å². The van der Waals surface area contributed by atoms with E-state index in [1.807, 2.05) is 13.8 Å². The van der Waals surface area contributed by atoms with Crippen LogP contribution in [0, 0.1) is 0 Å². The number of carbonyl (C=O) groups is 2. The predicted octanol–water partition coefficient (Wildman–Crippen LogP) is 2.50. The molecule has 0 saturated heterocycles. The van der Waals surface area contributed by atoms with Crippen molar-refractivity contribution < 1.29 is 27.5 Å². The Bertz CT molecular complexity index is 845. The first kappa shape index (κ1) is 21.3. The molecule has 0 saturated carbocycles. The van der Waals surface area contributed by atoms with Gasteiger partial charge < -0.3 is 15.0 Å². The van der Waals surface area contributed by atoms with Crippen LogP contribution in [0.15, 0.2) is 30.5 Å². The molecule has 0 aliphatic rings. The fourth-order valence-corrected chi connectivity index (χ4v) is 2.55. The number of methoxy groups -OCH3 is 1. The van der Waals surface area contributed by atoms with Gasteiger partial charge in [-0.25, -0.2) is 4.68 Å². The molecular formula is C18H21F3N4O3. The number of amides is 2. The molecular weight excluding hydrogens is 377 g/mol. The lowest BCUT2D eigenvalue weighted by molar-refractivity contribution is -0.137. The SMILES string of the molecule is CCN(CC)C(=O)CNC(=O)c1nn(-c2cccc(C(F)(F)F)c2)cc1OC. The van der Waals surface area contributed by atoms with Crippen molar-refractivity contribution in [3.05, 3.63) is 41.7 Å². The number of likely N-dealkylation sites (N-methyl/N-ethyl adjacent to an activating group) is 1. The minimum absolute atomic E-state index is 0.0743. The Morgan fingerprint density at radius 3 is 2.50 bits per heavy atom. The highest BCUT2D eigenvalue weighted by Crippen LogP contribution is 2.30. The summed E-state index contributed by atoms with van der Waals surface area (Å²) in [6, 6.07) is 4.52. The smallest absolute Gasteiger partial charge is 0.416 e. The van der Waals surface area contributed by atoms with E-state index in [1.165, 1.54) is 25.4 Å². The fraction of sp³-hybridized carbons (Fsp3) is 0.389. The second-order valence-electron chi connectivity index (χ2n) is 5.79. The van der Waals surface area contributed by atoms with Crippen LogP contribution in [0.5, 0.6) is 5.75 Å². The van der Waals surface area contributed by atoms with Crippen LogP contribution in [0.2, 0.25) is 0 Å². The second kappa shape index (κ2) is 8.77. The van der Waals surface area contributed by atoms with Crippen LogP contribution in [0.4, 0.5) is 13.2 Å². The molecule has 152 valence electrons. The molecule has 0 spiro atoms. The van der Waals surface area contributed by atoms with Gasteiger partial charge in [-0.3, -0.25) is 9.59 Å². The first-order chi connectivity index (χ1) is 13.2. The number of rotatable bonds is 7. The van der Waals surface area contributed by atoms with Gasteiger partial charge in [0.25, 0.3) is 5.91 Å². The molecule has 1 N–H and O–H groups in total. The van der Waals surface area contributed by atoms with E-state index in [2.05, 4.69) is 10.4 Å². The van der Waals surface area contributed by atoms with Crippen LogP contribution in [-0.2, 0) is 11.0 Å². The van der Waals surface area contributed by atoms with Crippen molar-refractivity contribution in [1.29, 1.82) is 0 Å². The molecule has 0 bridgehead atoms. The molecule has 0 atom stereocenters. The molecule has 0 fully saturated rings. The highest BCUT2D eigenvalue weighted by atomic mass is 19.4. The van der Waals surface area contributed by atoms with Crippen molar-refractivity contribution in [3.63, 3.8) is 0 Å². The Labute approximate surface area is 160 Å². The number of alkyl halides is 3. The summed E-state index contributed by atoms with van der Waals surface area (Å²) in [6.07, 6.45) is -3.20. The normalized spacial score (nSPS) is 11.2. The number of benzene rings is 1. The minimum atomic E-state index is -4.50. The molecule has 28 heavy (non-hydrogen) atoms. The first-order valence-corrected chi connectivity index (χ1v) is 8.58. The van der Waals surface area contributed by atoms with Crippen LogP contribution in [-0.4, -0.2) is 53.2 Å². The second-order valence-corrected chi connectivity index (χ2v) is 5.79. The molecule has 2 rings (SSSR count). The van der Waals surface area contributed by atoms with Gasteiger partial charge in [-0.15, -0.1) is 0 Å². The summed E-state index contributed by atoms with van der Waals surface area (Å²) in [5, 5.41) is 6.48. The van der Waals surface area contributed by atoms with Crippen molar-refractivity contribution in [3.8, 4) is 11.4 Å². The Hall–Kier alpha value is -3.04. The van der Waals surface area contributed by atoms with E-state index >= 15 is 0 Å². The lowest BCUT2D eigenvalue weighted by atomic mass is 10.2. The number of ether oxygens (including phenoxy) is 1. The monoisotopic (exact) mass is 398 g/mol. The van der Waals surface area contributed by atoms with Gasteiger partial charge in [-0.1, -0.05) is 6.07 Å². The summed E-state index contributed by atoms with van der Waals surface area (Å²) >= 11 is 0. The maximum Gasteiger partial charge on any atom is 0.416 e. The quantitative estimate of drug-likeness (QED) is 0.778. The molecule has 0 aliphatic heterocycles. The van der Waals surface area contributed by atoms with Gasteiger partial charge in [0.1, 0.15) is 0 Å². The third kappa shape index (κ3) is 4.81. The number of hydrogen-bond donors (Lipinski definition) is 1. The number of carbonyl (C=O) groups excluding carboxylic acids is 2. The largest absolute Gasteiger partial charge is 0.493 e. The fourth-order valence-electron chi connectivity index (χ4n) is 2.55. The van der Waals surface area contributed by atoms with Crippen molar-refractivity contribution >= 4 is 11.8 Å². The Balaban J connectivity index is 2.23. The maximum atomic E-state index is 12.9. The summed E-state index contributed by atoms with van der Waals surface area (Å²) in [5.74, 6) is -0.845. The molecule has 1 heterocycles. The van der Waals surface area contributed by atoms with Crippen LogP contribution in [0.3, 0.4) is 0 Å². The van der Waals surface area contributed by atoms with Crippen molar-refractivity contribution in [2.24, 2.45) is 0 Å². The zero-order valence-electron chi connectivity index (χ0n) is 15.7. The molecule has 0 radical (unpaired) electrons. The third-order valence-corrected chi connectivity index (χ3v) is 4.07. The molecule has 7 nitrogen and oxygen atoms in total. The molecule has 2 aromatic rings. The van der Waals surface area contributed by atoms with E-state index in [0.29, 0.717) is 13.1 Å². The molecule has 10 heteroatoms. The summed E-state index contributed by atoms with van der Waals surface area (Å²) in [5.41, 5.74) is -0.853. The van der Waals surface area contributed by atoms with E-state index in [4.69, 9.17) is 4.74 Å². The average Bonchev–Trinajstić information content (AvgIpc) is 3.11. The van der Waals surface area contributed by atoms with E-state index in [1.54, 1.807) is 4.90 Å². The van der Waals surface area contributed by atoms with Gasteiger partial charge in [-0.05, 0) is 32.0 Å². The topological polar surface area (TPSA) is 76.5 Å². The molecule has 1 aromatic carbocycles. The van der Waals surface area contributed by atoms with Gasteiger partial charge >= 0.3 is 6.18 Å². The molecule has 1 aromatic heterocycles. The molecule has 0 unspecified atom stereocenters. The van der Waals surface area contributed by atoms with Crippen LogP contribution >= 0.6 is 0 Å². The van der Waals surface area contributed by atoms with Crippen LogP contribution < -0.4 is 10.1 Å². The number of hydrogen-bond acceptors (Lipinski definition) is 4. The summed E-state index contributed by atoms with van der Waals surface area (Å²) in [7, 11) is 1.31. The summed E-state index contributed by atoms with van der Waals surface area (Å²) in [6.45, 7) is 4.45. The number of aromatic nitrogens is 2. The summed E-state index contributed by atoms with van der Waals surface area (Å²) in [4.78, 5) is 25.9. The average molecular weight is 398 g/mol. The molecule has 2 amide bonds. The Morgan fingerprint density at radius 2 is 1.93 bits per heavy atom. The van der Waals surface area contributed by atoms with Gasteiger partial charge in [0.05, 0.1) is 31.1 Å². The van der Waals surface area contributed by atoms with Crippen molar-refractivity contribution in [2.45, 2.75) is 20.0 Å². The van der Waals surface area contributed by atoms with E-state index in [0.717, 1.165) is 16.8 Å². The van der Waals surface area contributed by atoms with Gasteiger partial charge in [0, 0.05) is 13.1 Å². The minimum Gasteiger partial charge on any atom is -0.493 e. The Kier molecular flexibility index (Phi) is 6.66. The number of nitrogens with zero attached hydrogens (tertiary/aromatic N) is 3. The van der Waals surface area contributed by atoms with Gasteiger partial charge in [0.15, 0.2) is 11.4 Å². The lowest BCUT2D eigenvalue weighted by Gasteiger charge is -2.18. The predicted molar refractivity (Wildman–Crippen MR) is 95.4 cm³/mol. The van der Waals surface area contributed by atoms with Crippen molar-refractivity contribution in [1.82, 2.24) is 20.0 Å². The Morgan fingerprint density at radius 1 is 1.25 bits per heavy atom. The highest BCUT2D eigenvalue weighted by Gasteiger charge is 2.30. The zero-order valence-corrected chi connectivity index (χ0v) is 15.7. The van der Waals surface area contributed by atoms with E-state index < -0.39 is 17.6 Å². The van der Waals surface area contributed by atoms with Gasteiger partial charge in [0.2, 0.25) is 5.91 Å². The van der Waals surface area contributed by atoms with Gasteiger partial charge in [-0.2, -0.15) is 18.3 Å². The number of nitrogens with one attached hydrogen (secondary N) is 1. The number of halogens is 3.